The maximum absolute atomic E-state index is 12.3. The van der Waals surface area contributed by atoms with E-state index in [4.69, 9.17) is 14.3 Å². The summed E-state index contributed by atoms with van der Waals surface area (Å²) in [4.78, 5) is 15.5. The topological polar surface area (TPSA) is 127 Å². The van der Waals surface area contributed by atoms with E-state index in [9.17, 15) is 14.5 Å². The average molecular weight is 338 g/mol. The van der Waals surface area contributed by atoms with Crippen LogP contribution in [-0.4, -0.2) is 45.6 Å². The molecule has 2 rings (SSSR count). The number of rotatable bonds is 7. The lowest BCUT2D eigenvalue weighted by molar-refractivity contribution is -0.137. The number of carboxylic acids is 1. The number of aliphatic carboxylic acids is 1. The normalized spacial score (nSPS) is 12.9. The number of fused-ring (bicyclic) bond motifs is 1. The SMILES string of the molecule is COP(=O)(OC)C(CCc1ccnc2c(C#N)cnn12)C(=O)O. The number of nitriles is 1. The predicted octanol–water partition coefficient (Wildman–Crippen LogP) is 1.47. The highest BCUT2D eigenvalue weighted by Gasteiger charge is 2.39. The van der Waals surface area contributed by atoms with Crippen molar-refractivity contribution < 1.29 is 23.5 Å². The van der Waals surface area contributed by atoms with Gasteiger partial charge in [0, 0.05) is 26.1 Å². The molecular weight excluding hydrogens is 323 g/mol. The van der Waals surface area contributed by atoms with Gasteiger partial charge in [-0.3, -0.25) is 9.36 Å². The molecule has 0 radical (unpaired) electrons. The van der Waals surface area contributed by atoms with Gasteiger partial charge in [0.15, 0.2) is 11.3 Å². The summed E-state index contributed by atoms with van der Waals surface area (Å²) in [7, 11) is -1.44. The largest absolute Gasteiger partial charge is 0.481 e. The zero-order chi connectivity index (χ0) is 17.0. The van der Waals surface area contributed by atoms with Crippen molar-refractivity contribution >= 4 is 19.2 Å². The highest BCUT2D eigenvalue weighted by Crippen LogP contribution is 2.53. The number of carboxylic acid groups (broad SMARTS) is 1. The van der Waals surface area contributed by atoms with Crippen LogP contribution in [0, 0.1) is 11.3 Å². The number of hydrogen-bond acceptors (Lipinski definition) is 7. The zero-order valence-corrected chi connectivity index (χ0v) is 13.4. The van der Waals surface area contributed by atoms with Gasteiger partial charge in [-0.15, -0.1) is 0 Å². The summed E-state index contributed by atoms with van der Waals surface area (Å²) in [6, 6.07) is 3.64. The van der Waals surface area contributed by atoms with Crippen LogP contribution >= 0.6 is 7.60 Å². The second kappa shape index (κ2) is 6.87. The van der Waals surface area contributed by atoms with Gasteiger partial charge in [0.1, 0.15) is 11.6 Å². The van der Waals surface area contributed by atoms with Crippen LogP contribution in [0.25, 0.3) is 5.65 Å². The van der Waals surface area contributed by atoms with Crippen LogP contribution in [0.4, 0.5) is 0 Å². The third kappa shape index (κ3) is 3.24. The summed E-state index contributed by atoms with van der Waals surface area (Å²) in [6.45, 7) is 0. The third-order valence-corrected chi connectivity index (χ3v) is 5.71. The molecule has 2 heterocycles. The molecule has 1 unspecified atom stereocenters. The Bertz CT molecular complexity index is 804. The molecule has 0 spiro atoms. The summed E-state index contributed by atoms with van der Waals surface area (Å²) in [6.07, 6.45) is 3.17. The van der Waals surface area contributed by atoms with Gasteiger partial charge in [-0.05, 0) is 18.9 Å². The molecule has 0 fully saturated rings. The van der Waals surface area contributed by atoms with Crippen molar-refractivity contribution in [2.75, 3.05) is 14.2 Å². The second-order valence-electron chi connectivity index (χ2n) is 4.64. The Morgan fingerprint density at radius 1 is 1.52 bits per heavy atom. The minimum atomic E-state index is -3.74. The molecule has 0 amide bonds. The second-order valence-corrected chi connectivity index (χ2v) is 7.07. The van der Waals surface area contributed by atoms with Gasteiger partial charge >= 0.3 is 13.6 Å². The Labute approximate surface area is 132 Å². The Balaban J connectivity index is 2.29. The van der Waals surface area contributed by atoms with E-state index < -0.39 is 19.2 Å². The molecule has 23 heavy (non-hydrogen) atoms. The Morgan fingerprint density at radius 2 is 2.22 bits per heavy atom. The van der Waals surface area contributed by atoms with E-state index in [1.54, 1.807) is 6.07 Å². The quantitative estimate of drug-likeness (QED) is 0.752. The Kier molecular flexibility index (Phi) is 5.11. The number of aryl methyl sites for hydroxylation is 1. The highest BCUT2D eigenvalue weighted by molar-refractivity contribution is 7.55. The zero-order valence-electron chi connectivity index (χ0n) is 12.5. The first-order valence-corrected chi connectivity index (χ1v) is 8.23. The van der Waals surface area contributed by atoms with Crippen LogP contribution in [-0.2, 0) is 24.8 Å². The standard InChI is InChI=1S/C13H15N4O5P/c1-21-23(20,22-2)11(13(18)19)4-3-10-5-6-15-12-9(7-14)8-16-17(10)12/h5-6,8,11H,3-4H2,1-2H3,(H,18,19). The predicted molar refractivity (Wildman–Crippen MR) is 79.1 cm³/mol. The molecule has 1 atom stereocenters. The van der Waals surface area contributed by atoms with Gasteiger partial charge in [-0.25, -0.2) is 9.50 Å². The van der Waals surface area contributed by atoms with Gasteiger partial charge < -0.3 is 14.2 Å². The first kappa shape index (κ1) is 17.1. The van der Waals surface area contributed by atoms with E-state index in [1.807, 2.05) is 6.07 Å². The maximum atomic E-state index is 12.3. The molecule has 0 aromatic carbocycles. The fourth-order valence-corrected chi connectivity index (χ4v) is 3.61. The fourth-order valence-electron chi connectivity index (χ4n) is 2.24. The average Bonchev–Trinajstić information content (AvgIpc) is 2.98. The summed E-state index contributed by atoms with van der Waals surface area (Å²) in [5.41, 5.74) is 0.0489. The van der Waals surface area contributed by atoms with E-state index in [0.717, 1.165) is 14.2 Å². The summed E-state index contributed by atoms with van der Waals surface area (Å²) >= 11 is 0. The van der Waals surface area contributed by atoms with Crippen molar-refractivity contribution in [1.29, 1.82) is 5.26 Å². The lowest BCUT2D eigenvalue weighted by Gasteiger charge is -2.20. The molecule has 10 heteroatoms. The van der Waals surface area contributed by atoms with Gasteiger partial charge in [0.25, 0.3) is 0 Å². The summed E-state index contributed by atoms with van der Waals surface area (Å²) in [5.74, 6) is -1.26. The number of aromatic nitrogens is 3. The Hall–Kier alpha value is -2.27. The van der Waals surface area contributed by atoms with E-state index in [-0.39, 0.29) is 12.8 Å². The van der Waals surface area contributed by atoms with Crippen molar-refractivity contribution in [3.8, 4) is 6.07 Å². The van der Waals surface area contributed by atoms with E-state index in [1.165, 1.54) is 16.9 Å². The van der Waals surface area contributed by atoms with Gasteiger partial charge in [-0.1, -0.05) is 0 Å². The van der Waals surface area contributed by atoms with Crippen LogP contribution in [0.1, 0.15) is 17.7 Å². The number of hydrogen-bond donors (Lipinski definition) is 1. The van der Waals surface area contributed by atoms with Gasteiger partial charge in [-0.2, -0.15) is 10.4 Å². The van der Waals surface area contributed by atoms with Crippen LogP contribution < -0.4 is 0 Å². The highest BCUT2D eigenvalue weighted by atomic mass is 31.2. The fraction of sp³-hybridized carbons (Fsp3) is 0.385. The van der Waals surface area contributed by atoms with Gasteiger partial charge in [0.05, 0.1) is 6.20 Å². The van der Waals surface area contributed by atoms with Crippen molar-refractivity contribution in [3.63, 3.8) is 0 Å². The molecule has 0 bridgehead atoms. The van der Waals surface area contributed by atoms with Crippen molar-refractivity contribution in [2.24, 2.45) is 0 Å². The van der Waals surface area contributed by atoms with Crippen LogP contribution in [0.15, 0.2) is 18.5 Å². The smallest absolute Gasteiger partial charge is 0.344 e. The minimum Gasteiger partial charge on any atom is -0.481 e. The molecule has 0 aliphatic rings. The van der Waals surface area contributed by atoms with E-state index >= 15 is 0 Å². The van der Waals surface area contributed by atoms with Crippen molar-refractivity contribution in [3.05, 3.63) is 29.7 Å². The first-order valence-electron chi connectivity index (χ1n) is 6.62. The molecule has 2 aromatic rings. The molecule has 1 N–H and O–H groups in total. The van der Waals surface area contributed by atoms with E-state index in [0.29, 0.717) is 16.9 Å². The minimum absolute atomic E-state index is 0.0230. The molecule has 0 aliphatic heterocycles. The van der Waals surface area contributed by atoms with Gasteiger partial charge in [0.2, 0.25) is 0 Å². The molecule has 0 aliphatic carbocycles. The number of carbonyl (C=O) groups is 1. The van der Waals surface area contributed by atoms with Crippen LogP contribution in [0.5, 0.6) is 0 Å². The van der Waals surface area contributed by atoms with E-state index in [2.05, 4.69) is 10.1 Å². The Morgan fingerprint density at radius 3 is 2.78 bits per heavy atom. The maximum Gasteiger partial charge on any atom is 0.344 e. The van der Waals surface area contributed by atoms with Crippen LogP contribution in [0.2, 0.25) is 0 Å². The van der Waals surface area contributed by atoms with Crippen molar-refractivity contribution in [2.45, 2.75) is 18.5 Å². The lowest BCUT2D eigenvalue weighted by Crippen LogP contribution is -2.23. The molecule has 2 aromatic heterocycles. The third-order valence-electron chi connectivity index (χ3n) is 3.45. The van der Waals surface area contributed by atoms with Crippen molar-refractivity contribution in [1.82, 2.24) is 14.6 Å². The first-order chi connectivity index (χ1) is 11.0. The molecule has 9 nitrogen and oxygen atoms in total. The summed E-state index contributed by atoms with van der Waals surface area (Å²) in [5, 5.41) is 22.3. The molecule has 0 saturated carbocycles. The number of nitrogens with zero attached hydrogens (tertiary/aromatic N) is 4. The molecule has 0 saturated heterocycles. The monoisotopic (exact) mass is 338 g/mol. The molecular formula is C13H15N4O5P. The lowest BCUT2D eigenvalue weighted by atomic mass is 10.2. The summed E-state index contributed by atoms with van der Waals surface area (Å²) < 4.78 is 23.3. The molecule has 122 valence electrons. The van der Waals surface area contributed by atoms with Crippen LogP contribution in [0.3, 0.4) is 0 Å².